The Hall–Kier alpha value is -1.39. The summed E-state index contributed by atoms with van der Waals surface area (Å²) in [6.07, 6.45) is 7.07. The van der Waals surface area contributed by atoms with Crippen LogP contribution in [-0.4, -0.2) is 41.1 Å². The van der Waals surface area contributed by atoms with E-state index < -0.39 is 6.10 Å². The van der Waals surface area contributed by atoms with E-state index in [0.717, 1.165) is 45.3 Å². The Morgan fingerprint density at radius 2 is 1.74 bits per heavy atom. The minimum Gasteiger partial charge on any atom is -0.378 e. The predicted molar refractivity (Wildman–Crippen MR) is 91.0 cm³/mol. The third-order valence-electron chi connectivity index (χ3n) is 5.29. The van der Waals surface area contributed by atoms with E-state index in [-0.39, 0.29) is 11.4 Å². The SMILES string of the molecule is O=C(NC1(CN2CCCC2)CCCCC1)[C@@H](O)c1ccccc1. The zero-order valence-electron chi connectivity index (χ0n) is 13.8. The summed E-state index contributed by atoms with van der Waals surface area (Å²) >= 11 is 0. The zero-order valence-corrected chi connectivity index (χ0v) is 13.8. The molecule has 0 aromatic heterocycles. The summed E-state index contributed by atoms with van der Waals surface area (Å²) in [4.78, 5) is 15.1. The molecule has 2 fully saturated rings. The lowest BCUT2D eigenvalue weighted by molar-refractivity contribution is -0.132. The van der Waals surface area contributed by atoms with Gasteiger partial charge >= 0.3 is 0 Å². The highest BCUT2D eigenvalue weighted by Gasteiger charge is 2.37. The average Bonchev–Trinajstić information content (AvgIpc) is 3.08. The van der Waals surface area contributed by atoms with Crippen molar-refractivity contribution in [1.82, 2.24) is 10.2 Å². The molecule has 0 bridgehead atoms. The number of rotatable bonds is 5. The topological polar surface area (TPSA) is 52.6 Å². The minimum atomic E-state index is -1.08. The van der Waals surface area contributed by atoms with Crippen LogP contribution >= 0.6 is 0 Å². The fourth-order valence-electron chi connectivity index (χ4n) is 4.04. The molecule has 0 radical (unpaired) electrons. The lowest BCUT2D eigenvalue weighted by atomic mass is 9.81. The van der Waals surface area contributed by atoms with E-state index in [9.17, 15) is 9.90 Å². The van der Waals surface area contributed by atoms with Crippen molar-refractivity contribution >= 4 is 5.91 Å². The summed E-state index contributed by atoms with van der Waals surface area (Å²) in [5.41, 5.74) is 0.507. The summed E-state index contributed by atoms with van der Waals surface area (Å²) in [7, 11) is 0. The molecule has 4 heteroatoms. The number of aliphatic hydroxyl groups is 1. The van der Waals surface area contributed by atoms with Gasteiger partial charge in [0.25, 0.3) is 5.91 Å². The quantitative estimate of drug-likeness (QED) is 0.878. The average molecular weight is 316 g/mol. The molecule has 1 saturated heterocycles. The smallest absolute Gasteiger partial charge is 0.253 e. The van der Waals surface area contributed by atoms with Crippen LogP contribution in [0.3, 0.4) is 0 Å². The first-order valence-corrected chi connectivity index (χ1v) is 8.96. The van der Waals surface area contributed by atoms with Gasteiger partial charge in [-0.15, -0.1) is 0 Å². The predicted octanol–water partition coefficient (Wildman–Crippen LogP) is 2.63. The maximum Gasteiger partial charge on any atom is 0.253 e. The van der Waals surface area contributed by atoms with Gasteiger partial charge in [-0.05, 0) is 44.3 Å². The van der Waals surface area contributed by atoms with Crippen LogP contribution < -0.4 is 5.32 Å². The van der Waals surface area contributed by atoms with Gasteiger partial charge in [0.05, 0.1) is 5.54 Å². The van der Waals surface area contributed by atoms with Gasteiger partial charge in [0.2, 0.25) is 0 Å². The van der Waals surface area contributed by atoms with Crippen molar-refractivity contribution in [2.45, 2.75) is 56.6 Å². The van der Waals surface area contributed by atoms with Crippen molar-refractivity contribution in [3.05, 3.63) is 35.9 Å². The van der Waals surface area contributed by atoms with Gasteiger partial charge in [0.15, 0.2) is 6.10 Å². The molecule has 1 saturated carbocycles. The van der Waals surface area contributed by atoms with Crippen LogP contribution in [0.1, 0.15) is 56.6 Å². The number of amides is 1. The molecular formula is C19H28N2O2. The number of aliphatic hydroxyl groups excluding tert-OH is 1. The van der Waals surface area contributed by atoms with Crippen LogP contribution in [0.25, 0.3) is 0 Å². The Bertz CT molecular complexity index is 505. The van der Waals surface area contributed by atoms with Gasteiger partial charge in [0.1, 0.15) is 0 Å². The Labute approximate surface area is 138 Å². The summed E-state index contributed by atoms with van der Waals surface area (Å²) < 4.78 is 0. The van der Waals surface area contributed by atoms with Crippen molar-refractivity contribution in [2.24, 2.45) is 0 Å². The summed E-state index contributed by atoms with van der Waals surface area (Å²) in [6.45, 7) is 3.21. The minimum absolute atomic E-state index is 0.157. The van der Waals surface area contributed by atoms with Gasteiger partial charge in [-0.1, -0.05) is 49.6 Å². The number of hydrogen-bond acceptors (Lipinski definition) is 3. The molecule has 1 amide bonds. The van der Waals surface area contributed by atoms with E-state index in [2.05, 4.69) is 10.2 Å². The second-order valence-corrected chi connectivity index (χ2v) is 7.13. The molecule has 3 rings (SSSR count). The van der Waals surface area contributed by atoms with Gasteiger partial charge in [0, 0.05) is 6.54 Å². The number of likely N-dealkylation sites (tertiary alicyclic amines) is 1. The largest absolute Gasteiger partial charge is 0.378 e. The highest BCUT2D eigenvalue weighted by molar-refractivity contribution is 5.82. The normalized spacial score (nSPS) is 22.7. The molecule has 1 aliphatic carbocycles. The number of carbonyl (C=O) groups is 1. The standard InChI is InChI=1S/C19H28N2O2/c22-17(16-9-3-1-4-10-16)18(23)20-19(11-5-2-6-12-19)15-21-13-7-8-14-21/h1,3-4,9-10,17,22H,2,5-8,11-15H2,(H,20,23)/t17-/m0/s1. The van der Waals surface area contributed by atoms with Crippen LogP contribution in [0.4, 0.5) is 0 Å². The van der Waals surface area contributed by atoms with Crippen LogP contribution in [0.2, 0.25) is 0 Å². The van der Waals surface area contributed by atoms with Gasteiger partial charge in [-0.25, -0.2) is 0 Å². The number of nitrogens with one attached hydrogen (secondary N) is 1. The maximum atomic E-state index is 12.6. The van der Waals surface area contributed by atoms with E-state index in [0.29, 0.717) is 5.56 Å². The van der Waals surface area contributed by atoms with Crippen LogP contribution in [-0.2, 0) is 4.79 Å². The number of benzene rings is 1. The Kier molecular flexibility index (Phi) is 5.34. The fraction of sp³-hybridized carbons (Fsp3) is 0.632. The molecule has 126 valence electrons. The van der Waals surface area contributed by atoms with Gasteiger partial charge < -0.3 is 15.3 Å². The fourth-order valence-corrected chi connectivity index (χ4v) is 4.04. The highest BCUT2D eigenvalue weighted by Crippen LogP contribution is 2.31. The molecule has 1 heterocycles. The molecule has 0 unspecified atom stereocenters. The molecule has 1 atom stereocenters. The summed E-state index contributed by atoms with van der Waals surface area (Å²) in [5.74, 6) is -0.253. The van der Waals surface area contributed by atoms with Gasteiger partial charge in [-0.3, -0.25) is 4.79 Å². The lowest BCUT2D eigenvalue weighted by Crippen LogP contribution is -2.57. The van der Waals surface area contributed by atoms with E-state index in [1.54, 1.807) is 12.1 Å². The van der Waals surface area contributed by atoms with Crippen molar-refractivity contribution in [3.63, 3.8) is 0 Å². The molecule has 2 aliphatic rings. The number of carbonyl (C=O) groups excluding carboxylic acids is 1. The first-order valence-electron chi connectivity index (χ1n) is 8.96. The zero-order chi connectivity index (χ0) is 16.1. The molecule has 1 aromatic carbocycles. The van der Waals surface area contributed by atoms with Crippen molar-refractivity contribution in [3.8, 4) is 0 Å². The maximum absolute atomic E-state index is 12.6. The first kappa shape index (κ1) is 16.5. The second-order valence-electron chi connectivity index (χ2n) is 7.13. The number of hydrogen-bond donors (Lipinski definition) is 2. The molecule has 0 spiro atoms. The Balaban J connectivity index is 1.68. The first-order chi connectivity index (χ1) is 11.2. The summed E-state index contributed by atoms with van der Waals surface area (Å²) in [5, 5.41) is 13.6. The summed E-state index contributed by atoms with van der Waals surface area (Å²) in [6, 6.07) is 9.21. The molecule has 4 nitrogen and oxygen atoms in total. The van der Waals surface area contributed by atoms with Crippen LogP contribution in [0.15, 0.2) is 30.3 Å². The molecule has 1 aromatic rings. The third kappa shape index (κ3) is 4.12. The Morgan fingerprint density at radius 3 is 2.39 bits per heavy atom. The molecule has 23 heavy (non-hydrogen) atoms. The van der Waals surface area contributed by atoms with Crippen molar-refractivity contribution in [1.29, 1.82) is 0 Å². The van der Waals surface area contributed by atoms with E-state index in [1.807, 2.05) is 18.2 Å². The monoisotopic (exact) mass is 316 g/mol. The molecular weight excluding hydrogens is 288 g/mol. The van der Waals surface area contributed by atoms with E-state index in [1.165, 1.54) is 19.3 Å². The third-order valence-corrected chi connectivity index (χ3v) is 5.29. The molecule has 2 N–H and O–H groups in total. The molecule has 1 aliphatic heterocycles. The Morgan fingerprint density at radius 1 is 1.09 bits per heavy atom. The lowest BCUT2D eigenvalue weighted by Gasteiger charge is -2.41. The highest BCUT2D eigenvalue weighted by atomic mass is 16.3. The second kappa shape index (κ2) is 7.45. The van der Waals surface area contributed by atoms with Crippen LogP contribution in [0, 0.1) is 0 Å². The van der Waals surface area contributed by atoms with Crippen molar-refractivity contribution in [2.75, 3.05) is 19.6 Å². The van der Waals surface area contributed by atoms with Crippen molar-refractivity contribution < 1.29 is 9.90 Å². The van der Waals surface area contributed by atoms with E-state index >= 15 is 0 Å². The van der Waals surface area contributed by atoms with Crippen LogP contribution in [0.5, 0.6) is 0 Å². The number of nitrogens with zero attached hydrogens (tertiary/aromatic N) is 1. The van der Waals surface area contributed by atoms with E-state index in [4.69, 9.17) is 0 Å². The van der Waals surface area contributed by atoms with Gasteiger partial charge in [-0.2, -0.15) is 0 Å².